The van der Waals surface area contributed by atoms with Gasteiger partial charge in [0.15, 0.2) is 6.61 Å². The van der Waals surface area contributed by atoms with Crippen molar-refractivity contribution in [3.8, 4) is 5.75 Å². The predicted octanol–water partition coefficient (Wildman–Crippen LogP) is 3.10. The lowest BCUT2D eigenvalue weighted by Gasteiger charge is -2.20. The Morgan fingerprint density at radius 1 is 1.48 bits per heavy atom. The quantitative estimate of drug-likeness (QED) is 0.764. The van der Waals surface area contributed by atoms with E-state index in [-0.39, 0.29) is 12.5 Å². The van der Waals surface area contributed by atoms with Crippen molar-refractivity contribution in [1.82, 2.24) is 5.32 Å². The largest absolute Gasteiger partial charge is 0.483 e. The Bertz CT molecular complexity index is 524. The molecule has 0 aliphatic rings. The van der Waals surface area contributed by atoms with Crippen LogP contribution in [-0.2, 0) is 9.59 Å². The minimum atomic E-state index is -1.05. The lowest BCUT2D eigenvalue weighted by atomic mass is 9.99. The maximum absolute atomic E-state index is 11.8. The van der Waals surface area contributed by atoms with Crippen LogP contribution in [0.15, 0.2) is 22.7 Å². The molecule has 0 saturated heterocycles. The third kappa shape index (κ3) is 5.55. The van der Waals surface area contributed by atoms with Gasteiger partial charge in [0.1, 0.15) is 11.8 Å². The Kier molecular flexibility index (Phi) is 6.98. The van der Waals surface area contributed by atoms with Crippen molar-refractivity contribution in [2.45, 2.75) is 26.3 Å². The summed E-state index contributed by atoms with van der Waals surface area (Å²) in [5, 5.41) is 12.1. The van der Waals surface area contributed by atoms with E-state index in [1.165, 1.54) is 0 Å². The highest BCUT2D eigenvalue weighted by molar-refractivity contribution is 9.10. The molecule has 7 heteroatoms. The lowest BCUT2D eigenvalue weighted by molar-refractivity contribution is -0.143. The van der Waals surface area contributed by atoms with Gasteiger partial charge < -0.3 is 15.2 Å². The van der Waals surface area contributed by atoms with Gasteiger partial charge in [0.05, 0.1) is 4.47 Å². The van der Waals surface area contributed by atoms with E-state index in [1.807, 2.05) is 6.92 Å². The zero-order valence-electron chi connectivity index (χ0n) is 11.7. The molecule has 0 aliphatic carbocycles. The molecule has 2 N–H and O–H groups in total. The smallest absolute Gasteiger partial charge is 0.326 e. The highest BCUT2D eigenvalue weighted by atomic mass is 79.9. The molecule has 0 heterocycles. The fourth-order valence-corrected chi connectivity index (χ4v) is 2.43. The number of nitrogens with one attached hydrogen (secondary N) is 1. The summed E-state index contributed by atoms with van der Waals surface area (Å²) in [6, 6.07) is 4.00. The Balaban J connectivity index is 2.58. The second-order valence-electron chi connectivity index (χ2n) is 4.63. The van der Waals surface area contributed by atoms with Crippen LogP contribution in [0, 0.1) is 5.92 Å². The van der Waals surface area contributed by atoms with E-state index in [2.05, 4.69) is 21.2 Å². The maximum Gasteiger partial charge on any atom is 0.326 e. The molecule has 0 radical (unpaired) electrons. The van der Waals surface area contributed by atoms with E-state index in [0.717, 1.165) is 0 Å². The molecule has 2 atom stereocenters. The number of rotatable bonds is 7. The van der Waals surface area contributed by atoms with E-state index in [0.29, 0.717) is 21.7 Å². The number of carbonyl (C=O) groups excluding carboxylic acids is 1. The minimum absolute atomic E-state index is 0.159. The van der Waals surface area contributed by atoms with Crippen LogP contribution in [0.3, 0.4) is 0 Å². The summed E-state index contributed by atoms with van der Waals surface area (Å²) in [7, 11) is 0. The summed E-state index contributed by atoms with van der Waals surface area (Å²) < 4.78 is 5.96. The van der Waals surface area contributed by atoms with E-state index in [4.69, 9.17) is 21.4 Å². The number of carbonyl (C=O) groups is 2. The predicted molar refractivity (Wildman–Crippen MR) is 83.7 cm³/mol. The molecule has 1 aromatic carbocycles. The van der Waals surface area contributed by atoms with Crippen LogP contribution in [0.25, 0.3) is 0 Å². The van der Waals surface area contributed by atoms with E-state index >= 15 is 0 Å². The number of halogens is 2. The number of hydrogen-bond acceptors (Lipinski definition) is 3. The number of aliphatic carboxylic acids is 1. The van der Waals surface area contributed by atoms with Gasteiger partial charge in [-0.25, -0.2) is 4.79 Å². The van der Waals surface area contributed by atoms with Crippen LogP contribution in [-0.4, -0.2) is 29.6 Å². The van der Waals surface area contributed by atoms with Crippen LogP contribution < -0.4 is 10.1 Å². The number of amides is 1. The van der Waals surface area contributed by atoms with Crippen LogP contribution in [0.4, 0.5) is 0 Å². The molecule has 116 valence electrons. The van der Waals surface area contributed by atoms with Crippen molar-refractivity contribution in [3.63, 3.8) is 0 Å². The molecule has 5 nitrogen and oxygen atoms in total. The van der Waals surface area contributed by atoms with Crippen molar-refractivity contribution in [3.05, 3.63) is 27.7 Å². The molecule has 0 aliphatic heterocycles. The molecule has 0 aromatic heterocycles. The Morgan fingerprint density at radius 3 is 2.67 bits per heavy atom. The van der Waals surface area contributed by atoms with Crippen molar-refractivity contribution in [1.29, 1.82) is 0 Å². The number of benzene rings is 1. The standard InChI is InChI=1S/C14H17BrClNO4/c1-3-8(2)13(14(19)20)17-12(18)7-21-11-5-4-9(16)6-10(11)15/h4-6,8,13H,3,7H2,1-2H3,(H,17,18)(H,19,20)/t8-,13-/m0/s1. The van der Waals surface area contributed by atoms with Crippen molar-refractivity contribution in [2.75, 3.05) is 6.61 Å². The van der Waals surface area contributed by atoms with Gasteiger partial charge in [-0.15, -0.1) is 0 Å². The average molecular weight is 379 g/mol. The SMILES string of the molecule is CC[C@H](C)[C@H](NC(=O)COc1ccc(Cl)cc1Br)C(=O)O. The topological polar surface area (TPSA) is 75.6 Å². The highest BCUT2D eigenvalue weighted by Gasteiger charge is 2.25. The van der Waals surface area contributed by atoms with Gasteiger partial charge >= 0.3 is 5.97 Å². The lowest BCUT2D eigenvalue weighted by Crippen LogP contribution is -2.46. The molecular weight excluding hydrogens is 362 g/mol. The first-order valence-corrected chi connectivity index (χ1v) is 7.62. The number of carboxylic acid groups (broad SMARTS) is 1. The molecule has 0 fully saturated rings. The summed E-state index contributed by atoms with van der Waals surface area (Å²) in [6.07, 6.45) is 0.654. The zero-order chi connectivity index (χ0) is 16.0. The van der Waals surface area contributed by atoms with Crippen LogP contribution in [0.2, 0.25) is 5.02 Å². The first-order valence-electron chi connectivity index (χ1n) is 6.45. The summed E-state index contributed by atoms with van der Waals surface area (Å²) in [4.78, 5) is 22.9. The third-order valence-electron chi connectivity index (χ3n) is 3.05. The maximum atomic E-state index is 11.8. The number of ether oxygens (including phenoxy) is 1. The molecular formula is C14H17BrClNO4. The summed E-state index contributed by atoms with van der Waals surface area (Å²) in [5.74, 6) is -1.23. The van der Waals surface area contributed by atoms with Gasteiger partial charge in [-0.1, -0.05) is 31.9 Å². The van der Waals surface area contributed by atoms with Crippen molar-refractivity contribution >= 4 is 39.4 Å². The zero-order valence-corrected chi connectivity index (χ0v) is 14.1. The fourth-order valence-electron chi connectivity index (χ4n) is 1.63. The molecule has 21 heavy (non-hydrogen) atoms. The molecule has 1 rings (SSSR count). The summed E-state index contributed by atoms with van der Waals surface area (Å²) in [5.41, 5.74) is 0. The third-order valence-corrected chi connectivity index (χ3v) is 3.90. The molecule has 0 unspecified atom stereocenters. The number of carboxylic acids is 1. The molecule has 1 aromatic rings. The van der Waals surface area contributed by atoms with Gasteiger partial charge in [-0.2, -0.15) is 0 Å². The van der Waals surface area contributed by atoms with E-state index < -0.39 is 17.9 Å². The van der Waals surface area contributed by atoms with Gasteiger partial charge in [0.25, 0.3) is 5.91 Å². The monoisotopic (exact) mass is 377 g/mol. The van der Waals surface area contributed by atoms with Crippen LogP contribution >= 0.6 is 27.5 Å². The molecule has 0 bridgehead atoms. The molecule has 1 amide bonds. The van der Waals surface area contributed by atoms with E-state index in [9.17, 15) is 9.59 Å². The van der Waals surface area contributed by atoms with Crippen molar-refractivity contribution in [2.24, 2.45) is 5.92 Å². The second-order valence-corrected chi connectivity index (χ2v) is 5.92. The first-order chi connectivity index (χ1) is 9.85. The highest BCUT2D eigenvalue weighted by Crippen LogP contribution is 2.27. The summed E-state index contributed by atoms with van der Waals surface area (Å²) in [6.45, 7) is 3.38. The van der Waals surface area contributed by atoms with E-state index in [1.54, 1.807) is 25.1 Å². The van der Waals surface area contributed by atoms with Gasteiger partial charge in [0.2, 0.25) is 0 Å². The Labute approximate surface area is 136 Å². The normalized spacial score (nSPS) is 13.3. The van der Waals surface area contributed by atoms with Crippen LogP contribution in [0.5, 0.6) is 5.75 Å². The summed E-state index contributed by atoms with van der Waals surface area (Å²) >= 11 is 9.07. The average Bonchev–Trinajstić information content (AvgIpc) is 2.42. The van der Waals surface area contributed by atoms with Gasteiger partial charge in [-0.3, -0.25) is 4.79 Å². The molecule has 0 saturated carbocycles. The van der Waals surface area contributed by atoms with Crippen molar-refractivity contribution < 1.29 is 19.4 Å². The molecule has 0 spiro atoms. The van der Waals surface area contributed by atoms with Gasteiger partial charge in [0, 0.05) is 5.02 Å². The van der Waals surface area contributed by atoms with Gasteiger partial charge in [-0.05, 0) is 40.0 Å². The Hall–Kier alpha value is -1.27. The second kappa shape index (κ2) is 8.24. The van der Waals surface area contributed by atoms with Crippen LogP contribution in [0.1, 0.15) is 20.3 Å². The minimum Gasteiger partial charge on any atom is -0.483 e. The Morgan fingerprint density at radius 2 is 2.14 bits per heavy atom. The first kappa shape index (κ1) is 17.8. The number of hydrogen-bond donors (Lipinski definition) is 2. The fraction of sp³-hybridized carbons (Fsp3) is 0.429.